The topological polar surface area (TPSA) is 69.7 Å². The molecule has 2 atom stereocenters. The molecule has 1 aliphatic carbocycles. The normalized spacial score (nSPS) is 19.1. The first-order chi connectivity index (χ1) is 17.5. The molecule has 0 saturated carbocycles. The van der Waals surface area contributed by atoms with Crippen LogP contribution in [0.1, 0.15) is 38.5 Å². The van der Waals surface area contributed by atoms with Gasteiger partial charge in [0.1, 0.15) is 0 Å². The lowest BCUT2D eigenvalue weighted by Crippen LogP contribution is -2.59. The Labute approximate surface area is 215 Å². The average Bonchev–Trinajstić information content (AvgIpc) is 3.33. The Morgan fingerprint density at radius 1 is 1.00 bits per heavy atom. The van der Waals surface area contributed by atoms with Crippen molar-refractivity contribution < 1.29 is 14.4 Å². The van der Waals surface area contributed by atoms with Crippen LogP contribution >= 0.6 is 11.3 Å². The van der Waals surface area contributed by atoms with Crippen molar-refractivity contribution in [3.05, 3.63) is 99.8 Å². The summed E-state index contributed by atoms with van der Waals surface area (Å²) < 4.78 is 0. The van der Waals surface area contributed by atoms with Gasteiger partial charge in [-0.25, -0.2) is 5.01 Å². The number of fused-ring (bicyclic) bond motifs is 1. The number of hydrogen-bond acceptors (Lipinski definition) is 4. The number of nitrogens with one attached hydrogen (secondary N) is 1. The first kappa shape index (κ1) is 24.0. The summed E-state index contributed by atoms with van der Waals surface area (Å²) in [5.41, 5.74) is 4.91. The molecule has 0 bridgehead atoms. The van der Waals surface area contributed by atoms with Gasteiger partial charge >= 0.3 is 0 Å². The molecular weight excluding hydrogens is 470 g/mol. The monoisotopic (exact) mass is 499 g/mol. The van der Waals surface area contributed by atoms with Gasteiger partial charge < -0.3 is 4.90 Å². The van der Waals surface area contributed by atoms with Crippen LogP contribution in [0, 0.1) is 18.8 Å². The summed E-state index contributed by atoms with van der Waals surface area (Å²) >= 11 is 1.69. The number of carbonyl (C=O) groups is 3. The van der Waals surface area contributed by atoms with Crippen LogP contribution in [-0.2, 0) is 22.6 Å². The number of benzene rings is 2. The van der Waals surface area contributed by atoms with E-state index in [0.29, 0.717) is 37.2 Å². The maximum Gasteiger partial charge on any atom is 0.254 e. The van der Waals surface area contributed by atoms with E-state index in [1.54, 1.807) is 35.6 Å². The fraction of sp³-hybridized carbons (Fsp3) is 0.276. The number of hydrazine groups is 1. The first-order valence-electron chi connectivity index (χ1n) is 12.3. The van der Waals surface area contributed by atoms with E-state index in [1.165, 1.54) is 15.4 Å². The number of amides is 3. The van der Waals surface area contributed by atoms with E-state index in [0.717, 1.165) is 11.3 Å². The number of carbonyl (C=O) groups excluding carboxylic acids is 3. The third-order valence-corrected chi connectivity index (χ3v) is 7.81. The van der Waals surface area contributed by atoms with E-state index < -0.39 is 0 Å². The Balaban J connectivity index is 1.38. The quantitative estimate of drug-likeness (QED) is 0.470. The molecule has 1 aliphatic heterocycles. The van der Waals surface area contributed by atoms with Crippen molar-refractivity contribution in [2.75, 3.05) is 11.6 Å². The van der Waals surface area contributed by atoms with Crippen molar-refractivity contribution in [2.45, 2.75) is 32.7 Å². The molecule has 3 amide bonds. The van der Waals surface area contributed by atoms with Crippen LogP contribution in [0.3, 0.4) is 0 Å². The highest BCUT2D eigenvalue weighted by molar-refractivity contribution is 7.11. The van der Waals surface area contributed by atoms with E-state index >= 15 is 0 Å². The number of allylic oxidation sites excluding steroid dienone is 2. The second-order valence-corrected chi connectivity index (χ2v) is 10.7. The number of thiophene rings is 1. The van der Waals surface area contributed by atoms with Crippen LogP contribution < -0.4 is 10.4 Å². The summed E-state index contributed by atoms with van der Waals surface area (Å²) in [6.07, 6.45) is 5.80. The smallest absolute Gasteiger partial charge is 0.254 e. The molecular formula is C29H29N3O3S. The summed E-state index contributed by atoms with van der Waals surface area (Å²) in [7, 11) is 0. The molecule has 36 heavy (non-hydrogen) atoms. The maximum absolute atomic E-state index is 13.7. The zero-order valence-corrected chi connectivity index (χ0v) is 21.0. The molecule has 1 aromatic heterocycles. The molecule has 0 radical (unpaired) electrons. The Bertz CT molecular complexity index is 1300. The van der Waals surface area contributed by atoms with Crippen LogP contribution in [-0.4, -0.2) is 29.2 Å². The Hall–Kier alpha value is -3.71. The molecule has 184 valence electrons. The fourth-order valence-electron chi connectivity index (χ4n) is 4.86. The molecule has 3 aromatic rings. The van der Waals surface area contributed by atoms with E-state index in [4.69, 9.17) is 0 Å². The molecule has 2 unspecified atom stereocenters. The maximum atomic E-state index is 13.7. The number of anilines is 1. The lowest BCUT2D eigenvalue weighted by molar-refractivity contribution is -0.139. The van der Waals surface area contributed by atoms with E-state index in [1.807, 2.05) is 35.3 Å². The zero-order chi connectivity index (χ0) is 25.1. The van der Waals surface area contributed by atoms with Crippen molar-refractivity contribution in [2.24, 2.45) is 11.8 Å². The predicted molar refractivity (Wildman–Crippen MR) is 141 cm³/mol. The van der Waals surface area contributed by atoms with Crippen LogP contribution in [0.2, 0.25) is 0 Å². The molecule has 1 fully saturated rings. The van der Waals surface area contributed by atoms with Crippen LogP contribution in [0.15, 0.2) is 78.9 Å². The first-order valence-corrected chi connectivity index (χ1v) is 13.1. The van der Waals surface area contributed by atoms with Gasteiger partial charge in [-0.05, 0) is 62.1 Å². The standard InChI is InChI=1S/C29H29N3O3S/c1-20-14-15-24(36-20)19-31(17-16-21-8-3-2-4-9-21)28(34)22-10-7-11-23(18-22)32-29(35)26-13-6-5-12-25(26)27(33)30-32/h2-11,14-15,18,25-26H,12-13,16-17,19H2,1H3,(H,30,33). The van der Waals surface area contributed by atoms with Gasteiger partial charge in [-0.2, -0.15) is 0 Å². The van der Waals surface area contributed by atoms with Crippen molar-refractivity contribution in [3.8, 4) is 0 Å². The van der Waals surface area contributed by atoms with Crippen LogP contribution in [0.25, 0.3) is 0 Å². The molecule has 6 nitrogen and oxygen atoms in total. The lowest BCUT2D eigenvalue weighted by Gasteiger charge is -2.38. The molecule has 2 aromatic carbocycles. The third kappa shape index (κ3) is 5.11. The van der Waals surface area contributed by atoms with Crippen LogP contribution in [0.4, 0.5) is 5.69 Å². The molecule has 2 aliphatic rings. The fourth-order valence-corrected chi connectivity index (χ4v) is 5.77. The Kier molecular flexibility index (Phi) is 7.00. The minimum Gasteiger partial charge on any atom is -0.333 e. The van der Waals surface area contributed by atoms with E-state index in [2.05, 4.69) is 36.6 Å². The summed E-state index contributed by atoms with van der Waals surface area (Å²) in [5, 5.41) is 1.32. The predicted octanol–water partition coefficient (Wildman–Crippen LogP) is 4.90. The van der Waals surface area contributed by atoms with Gasteiger partial charge in [0.2, 0.25) is 11.8 Å². The second-order valence-electron chi connectivity index (χ2n) is 9.33. The van der Waals surface area contributed by atoms with Gasteiger partial charge in [-0.1, -0.05) is 48.6 Å². The minimum atomic E-state index is -0.368. The Morgan fingerprint density at radius 2 is 1.78 bits per heavy atom. The van der Waals surface area contributed by atoms with Gasteiger partial charge in [-0.3, -0.25) is 19.8 Å². The highest BCUT2D eigenvalue weighted by Crippen LogP contribution is 2.32. The third-order valence-electron chi connectivity index (χ3n) is 6.82. The van der Waals surface area contributed by atoms with Crippen molar-refractivity contribution in [1.29, 1.82) is 0 Å². The summed E-state index contributed by atoms with van der Waals surface area (Å²) in [4.78, 5) is 43.8. The lowest BCUT2D eigenvalue weighted by atomic mass is 9.80. The SMILES string of the molecule is Cc1ccc(CN(CCc2ccccc2)C(=O)c2cccc(N3NC(=O)C4CC=CCC4C3=O)c2)s1. The van der Waals surface area contributed by atoms with Gasteiger partial charge in [0, 0.05) is 21.9 Å². The number of aryl methyl sites for hydroxylation is 1. The van der Waals surface area contributed by atoms with Gasteiger partial charge in [0.25, 0.3) is 5.91 Å². The van der Waals surface area contributed by atoms with Crippen molar-refractivity contribution in [1.82, 2.24) is 10.3 Å². The number of rotatable bonds is 7. The minimum absolute atomic E-state index is 0.104. The number of hydrogen-bond donors (Lipinski definition) is 1. The Morgan fingerprint density at radius 3 is 2.53 bits per heavy atom. The molecule has 5 rings (SSSR count). The zero-order valence-electron chi connectivity index (χ0n) is 20.2. The second kappa shape index (κ2) is 10.5. The molecule has 2 heterocycles. The van der Waals surface area contributed by atoms with Crippen molar-refractivity contribution >= 4 is 34.7 Å². The molecule has 0 spiro atoms. The highest BCUT2D eigenvalue weighted by Gasteiger charge is 2.42. The summed E-state index contributed by atoms with van der Waals surface area (Å²) in [6, 6.07) is 21.2. The van der Waals surface area contributed by atoms with Gasteiger partial charge in [0.05, 0.1) is 24.1 Å². The van der Waals surface area contributed by atoms with E-state index in [-0.39, 0.29) is 29.6 Å². The largest absolute Gasteiger partial charge is 0.333 e. The molecule has 1 saturated heterocycles. The molecule has 1 N–H and O–H groups in total. The highest BCUT2D eigenvalue weighted by atomic mass is 32.1. The van der Waals surface area contributed by atoms with E-state index in [9.17, 15) is 14.4 Å². The average molecular weight is 500 g/mol. The van der Waals surface area contributed by atoms with Crippen LogP contribution in [0.5, 0.6) is 0 Å². The summed E-state index contributed by atoms with van der Waals surface area (Å²) in [6.45, 7) is 3.15. The molecule has 7 heteroatoms. The number of nitrogens with zero attached hydrogens (tertiary/aromatic N) is 2. The van der Waals surface area contributed by atoms with Gasteiger partial charge in [-0.15, -0.1) is 11.3 Å². The van der Waals surface area contributed by atoms with Crippen molar-refractivity contribution in [3.63, 3.8) is 0 Å². The summed E-state index contributed by atoms with van der Waals surface area (Å²) in [5.74, 6) is -1.09. The van der Waals surface area contributed by atoms with Gasteiger partial charge in [0.15, 0.2) is 0 Å².